The van der Waals surface area contributed by atoms with Gasteiger partial charge in [0.25, 0.3) is 0 Å². The summed E-state index contributed by atoms with van der Waals surface area (Å²) in [6.07, 6.45) is 7.85. The second-order valence-corrected chi connectivity index (χ2v) is 5.07. The van der Waals surface area contributed by atoms with Gasteiger partial charge in [-0.3, -0.25) is 4.79 Å². The molecule has 3 atom stereocenters. The normalized spacial score (nSPS) is 28.4. The highest BCUT2D eigenvalue weighted by atomic mass is 16.4. The minimum absolute atomic E-state index is 0.351. The van der Waals surface area contributed by atoms with Crippen LogP contribution in [0.1, 0.15) is 58.8 Å². The predicted octanol–water partition coefficient (Wildman–Crippen LogP) is 2.80. The number of carbonyl (C=O) groups is 1. The quantitative estimate of drug-likeness (QED) is 0.710. The highest BCUT2D eigenvalue weighted by Gasteiger charge is 2.25. The lowest BCUT2D eigenvalue weighted by atomic mass is 9.95. The first-order valence-corrected chi connectivity index (χ1v) is 6.64. The highest BCUT2D eigenvalue weighted by molar-refractivity contribution is 5.73. The fourth-order valence-corrected chi connectivity index (χ4v) is 2.57. The molecule has 16 heavy (non-hydrogen) atoms. The van der Waals surface area contributed by atoms with Gasteiger partial charge >= 0.3 is 5.97 Å². The smallest absolute Gasteiger partial charge is 0.320 e. The molecule has 0 spiro atoms. The van der Waals surface area contributed by atoms with Gasteiger partial charge in [-0.2, -0.15) is 0 Å². The molecule has 0 aliphatic heterocycles. The van der Waals surface area contributed by atoms with Gasteiger partial charge in [0.05, 0.1) is 0 Å². The molecule has 0 aromatic rings. The third kappa shape index (κ3) is 4.12. The number of carboxylic acid groups (broad SMARTS) is 1. The second-order valence-electron chi connectivity index (χ2n) is 5.07. The number of rotatable bonds is 5. The summed E-state index contributed by atoms with van der Waals surface area (Å²) in [7, 11) is 0. The molecule has 0 aromatic carbocycles. The van der Waals surface area contributed by atoms with Gasteiger partial charge in [0, 0.05) is 6.04 Å². The van der Waals surface area contributed by atoms with E-state index in [9.17, 15) is 4.79 Å². The Morgan fingerprint density at radius 2 is 2.06 bits per heavy atom. The lowest BCUT2D eigenvalue weighted by Crippen LogP contribution is -2.45. The van der Waals surface area contributed by atoms with Crippen molar-refractivity contribution >= 4 is 5.97 Å². The number of hydrogen-bond donors (Lipinski definition) is 2. The van der Waals surface area contributed by atoms with E-state index in [2.05, 4.69) is 12.2 Å². The molecule has 0 heterocycles. The molecule has 1 fully saturated rings. The van der Waals surface area contributed by atoms with E-state index in [4.69, 9.17) is 5.11 Å². The van der Waals surface area contributed by atoms with E-state index in [-0.39, 0.29) is 6.04 Å². The highest BCUT2D eigenvalue weighted by Crippen LogP contribution is 2.23. The Balaban J connectivity index is 2.50. The number of hydrogen-bond acceptors (Lipinski definition) is 2. The molecule has 3 heteroatoms. The lowest BCUT2D eigenvalue weighted by molar-refractivity contribution is -0.140. The average molecular weight is 227 g/mol. The van der Waals surface area contributed by atoms with Gasteiger partial charge in [0.2, 0.25) is 0 Å². The minimum atomic E-state index is -0.696. The summed E-state index contributed by atoms with van der Waals surface area (Å²) in [4.78, 5) is 11.1. The van der Waals surface area contributed by atoms with Crippen molar-refractivity contribution in [3.05, 3.63) is 0 Å². The molecular weight excluding hydrogens is 202 g/mol. The molecule has 2 N–H and O–H groups in total. The van der Waals surface area contributed by atoms with Crippen LogP contribution in [0.15, 0.2) is 0 Å². The molecule has 1 saturated carbocycles. The van der Waals surface area contributed by atoms with Crippen molar-refractivity contribution in [3.8, 4) is 0 Å². The van der Waals surface area contributed by atoms with Gasteiger partial charge in [-0.15, -0.1) is 0 Å². The maximum Gasteiger partial charge on any atom is 0.320 e. The van der Waals surface area contributed by atoms with Crippen molar-refractivity contribution in [1.29, 1.82) is 0 Å². The zero-order valence-electron chi connectivity index (χ0n) is 10.5. The Hall–Kier alpha value is -0.570. The summed E-state index contributed by atoms with van der Waals surface area (Å²) < 4.78 is 0. The molecule has 0 amide bonds. The third-order valence-corrected chi connectivity index (χ3v) is 3.65. The van der Waals surface area contributed by atoms with Crippen molar-refractivity contribution in [2.75, 3.05) is 0 Å². The number of carboxylic acids is 1. The molecule has 1 aliphatic rings. The van der Waals surface area contributed by atoms with E-state index in [0.717, 1.165) is 19.3 Å². The Labute approximate surface area is 98.6 Å². The van der Waals surface area contributed by atoms with Crippen LogP contribution in [0.5, 0.6) is 0 Å². The van der Waals surface area contributed by atoms with Gasteiger partial charge in [0.15, 0.2) is 0 Å². The predicted molar refractivity (Wildman–Crippen MR) is 65.5 cm³/mol. The van der Waals surface area contributed by atoms with Crippen LogP contribution in [0.3, 0.4) is 0 Å². The van der Waals surface area contributed by atoms with E-state index in [1.165, 1.54) is 25.7 Å². The van der Waals surface area contributed by atoms with Crippen LogP contribution in [0.4, 0.5) is 0 Å². The molecule has 0 bridgehead atoms. The van der Waals surface area contributed by atoms with Gasteiger partial charge in [-0.05, 0) is 25.2 Å². The first kappa shape index (κ1) is 13.5. The van der Waals surface area contributed by atoms with Crippen LogP contribution in [0, 0.1) is 5.92 Å². The SMILES string of the molecule is CCCC(NC1CCCCCC1C)C(=O)O. The molecule has 94 valence electrons. The Morgan fingerprint density at radius 1 is 1.38 bits per heavy atom. The zero-order valence-corrected chi connectivity index (χ0v) is 10.5. The first-order chi connectivity index (χ1) is 7.65. The molecule has 0 saturated heterocycles. The molecule has 3 nitrogen and oxygen atoms in total. The Bertz CT molecular complexity index is 218. The maximum absolute atomic E-state index is 11.1. The monoisotopic (exact) mass is 227 g/mol. The standard InChI is InChI=1S/C13H25NO2/c1-3-7-12(13(15)16)14-11-9-6-4-5-8-10(11)2/h10-12,14H,3-9H2,1-2H3,(H,15,16). The number of aliphatic carboxylic acids is 1. The molecule has 0 aromatic heterocycles. The molecule has 0 radical (unpaired) electrons. The van der Waals surface area contributed by atoms with E-state index in [0.29, 0.717) is 12.0 Å². The van der Waals surface area contributed by atoms with E-state index < -0.39 is 5.97 Å². The summed E-state index contributed by atoms with van der Waals surface area (Å²) in [6.45, 7) is 4.28. The largest absolute Gasteiger partial charge is 0.480 e. The van der Waals surface area contributed by atoms with E-state index in [1.807, 2.05) is 6.92 Å². The van der Waals surface area contributed by atoms with Gasteiger partial charge < -0.3 is 10.4 Å². The fourth-order valence-electron chi connectivity index (χ4n) is 2.57. The van der Waals surface area contributed by atoms with Crippen molar-refractivity contribution < 1.29 is 9.90 Å². The molecule has 1 aliphatic carbocycles. The van der Waals surface area contributed by atoms with Crippen LogP contribution < -0.4 is 5.32 Å². The second kappa shape index (κ2) is 6.89. The van der Waals surface area contributed by atoms with Crippen molar-refractivity contribution in [1.82, 2.24) is 5.32 Å². The van der Waals surface area contributed by atoms with Crippen LogP contribution in [-0.2, 0) is 4.79 Å². The van der Waals surface area contributed by atoms with Gasteiger partial charge in [-0.25, -0.2) is 0 Å². The summed E-state index contributed by atoms with van der Waals surface area (Å²) in [5.74, 6) is -0.0838. The Kier molecular flexibility index (Phi) is 5.81. The van der Waals surface area contributed by atoms with Gasteiger partial charge in [-0.1, -0.05) is 39.5 Å². The average Bonchev–Trinajstić information content (AvgIpc) is 2.43. The van der Waals surface area contributed by atoms with E-state index in [1.54, 1.807) is 0 Å². The van der Waals surface area contributed by atoms with Crippen molar-refractivity contribution in [3.63, 3.8) is 0 Å². The molecule has 1 rings (SSSR count). The van der Waals surface area contributed by atoms with Crippen LogP contribution in [-0.4, -0.2) is 23.2 Å². The van der Waals surface area contributed by atoms with E-state index >= 15 is 0 Å². The topological polar surface area (TPSA) is 49.3 Å². The van der Waals surface area contributed by atoms with Crippen LogP contribution >= 0.6 is 0 Å². The van der Waals surface area contributed by atoms with Crippen molar-refractivity contribution in [2.45, 2.75) is 70.9 Å². The first-order valence-electron chi connectivity index (χ1n) is 6.64. The fraction of sp³-hybridized carbons (Fsp3) is 0.923. The summed E-state index contributed by atoms with van der Waals surface area (Å²) in [5.41, 5.74) is 0. The van der Waals surface area contributed by atoms with Crippen LogP contribution in [0.2, 0.25) is 0 Å². The zero-order chi connectivity index (χ0) is 12.0. The minimum Gasteiger partial charge on any atom is -0.480 e. The molecule has 3 unspecified atom stereocenters. The summed E-state index contributed by atoms with van der Waals surface area (Å²) in [5, 5.41) is 12.5. The maximum atomic E-state index is 11.1. The third-order valence-electron chi connectivity index (χ3n) is 3.65. The summed E-state index contributed by atoms with van der Waals surface area (Å²) >= 11 is 0. The number of nitrogens with one attached hydrogen (secondary N) is 1. The van der Waals surface area contributed by atoms with Crippen LogP contribution in [0.25, 0.3) is 0 Å². The Morgan fingerprint density at radius 3 is 2.69 bits per heavy atom. The lowest BCUT2D eigenvalue weighted by Gasteiger charge is -2.26. The van der Waals surface area contributed by atoms with Crippen molar-refractivity contribution in [2.24, 2.45) is 5.92 Å². The summed E-state index contributed by atoms with van der Waals surface area (Å²) in [6, 6.07) is 0.0469. The van der Waals surface area contributed by atoms with Gasteiger partial charge in [0.1, 0.15) is 6.04 Å². The molecular formula is C13H25NO2.